The minimum Gasteiger partial charge on any atom is -0.376 e. The van der Waals surface area contributed by atoms with Crippen molar-refractivity contribution in [2.24, 2.45) is 0 Å². The second-order valence-electron chi connectivity index (χ2n) is 5.84. The van der Waals surface area contributed by atoms with Gasteiger partial charge in [0, 0.05) is 29.9 Å². The predicted molar refractivity (Wildman–Crippen MR) is 101 cm³/mol. The Morgan fingerprint density at radius 1 is 1.32 bits per heavy atom. The number of benzene rings is 1. The van der Waals surface area contributed by atoms with E-state index in [1.807, 2.05) is 24.3 Å². The van der Waals surface area contributed by atoms with Crippen molar-refractivity contribution in [1.29, 1.82) is 0 Å². The SMILES string of the molecule is O=C(NCC1CCCO1)C(=Cc1cccc(Br)c1)n1ccccc1=O. The van der Waals surface area contributed by atoms with Crippen molar-refractivity contribution in [3.8, 4) is 0 Å². The zero-order chi connectivity index (χ0) is 17.6. The standard InChI is InChI=1S/C19H19BrN2O3/c20-15-6-3-5-14(11-15)12-17(22-9-2-1-8-18(22)23)19(24)21-13-16-7-4-10-25-16/h1-3,5-6,8-9,11-12,16H,4,7,10,13H2,(H,21,24). The molecule has 1 unspecified atom stereocenters. The lowest BCUT2D eigenvalue weighted by Crippen LogP contribution is -2.35. The second-order valence-corrected chi connectivity index (χ2v) is 6.75. The van der Waals surface area contributed by atoms with Gasteiger partial charge in [-0.05, 0) is 42.7 Å². The lowest BCUT2D eigenvalue weighted by molar-refractivity contribution is -0.116. The first kappa shape index (κ1) is 17.6. The molecule has 1 saturated heterocycles. The van der Waals surface area contributed by atoms with Crippen LogP contribution < -0.4 is 10.9 Å². The van der Waals surface area contributed by atoms with Crippen molar-refractivity contribution in [3.63, 3.8) is 0 Å². The van der Waals surface area contributed by atoms with Crippen molar-refractivity contribution in [1.82, 2.24) is 9.88 Å². The number of rotatable bonds is 5. The average Bonchev–Trinajstić information content (AvgIpc) is 3.12. The van der Waals surface area contributed by atoms with Gasteiger partial charge in [0.15, 0.2) is 0 Å². The fraction of sp³-hybridized carbons (Fsp3) is 0.263. The molecule has 0 aliphatic carbocycles. The second kappa shape index (κ2) is 8.27. The first-order valence-electron chi connectivity index (χ1n) is 8.18. The minimum atomic E-state index is -0.302. The molecular weight excluding hydrogens is 384 g/mol. The number of amides is 1. The number of nitrogens with one attached hydrogen (secondary N) is 1. The molecular formula is C19H19BrN2O3. The van der Waals surface area contributed by atoms with Gasteiger partial charge in [0.2, 0.25) is 0 Å². The molecule has 6 heteroatoms. The van der Waals surface area contributed by atoms with Crippen molar-refractivity contribution in [2.45, 2.75) is 18.9 Å². The van der Waals surface area contributed by atoms with E-state index < -0.39 is 0 Å². The molecule has 0 saturated carbocycles. The molecule has 2 aromatic rings. The van der Waals surface area contributed by atoms with Gasteiger partial charge in [-0.25, -0.2) is 0 Å². The van der Waals surface area contributed by atoms with Gasteiger partial charge in [-0.1, -0.05) is 34.1 Å². The summed E-state index contributed by atoms with van der Waals surface area (Å²) in [6.07, 6.45) is 5.30. The summed E-state index contributed by atoms with van der Waals surface area (Å²) < 4.78 is 7.79. The van der Waals surface area contributed by atoms with Crippen molar-refractivity contribution >= 4 is 33.6 Å². The molecule has 3 rings (SSSR count). The fourth-order valence-electron chi connectivity index (χ4n) is 2.73. The van der Waals surface area contributed by atoms with Gasteiger partial charge >= 0.3 is 0 Å². The molecule has 1 aromatic carbocycles. The molecule has 1 aliphatic heterocycles. The molecule has 1 amide bonds. The number of halogens is 1. The van der Waals surface area contributed by atoms with Crippen molar-refractivity contribution in [3.05, 3.63) is 69.1 Å². The minimum absolute atomic E-state index is 0.0450. The van der Waals surface area contributed by atoms with Crippen LogP contribution in [0.3, 0.4) is 0 Å². The number of pyridine rings is 1. The molecule has 25 heavy (non-hydrogen) atoms. The maximum Gasteiger partial charge on any atom is 0.268 e. The number of carbonyl (C=O) groups excluding carboxylic acids is 1. The van der Waals surface area contributed by atoms with E-state index in [9.17, 15) is 9.59 Å². The molecule has 1 fully saturated rings. The van der Waals surface area contributed by atoms with Gasteiger partial charge in [0.25, 0.3) is 11.5 Å². The Morgan fingerprint density at radius 2 is 2.20 bits per heavy atom. The third kappa shape index (κ3) is 4.67. The summed E-state index contributed by atoms with van der Waals surface area (Å²) in [5.74, 6) is -0.302. The summed E-state index contributed by atoms with van der Waals surface area (Å²) in [6, 6.07) is 12.4. The third-order valence-electron chi connectivity index (χ3n) is 3.98. The molecule has 5 nitrogen and oxygen atoms in total. The first-order chi connectivity index (χ1) is 12.1. The molecule has 1 atom stereocenters. The van der Waals surface area contributed by atoms with E-state index in [2.05, 4.69) is 21.2 Å². The molecule has 0 radical (unpaired) electrons. The molecule has 130 valence electrons. The van der Waals surface area contributed by atoms with Crippen LogP contribution in [0.25, 0.3) is 11.8 Å². The third-order valence-corrected chi connectivity index (χ3v) is 4.47. The summed E-state index contributed by atoms with van der Waals surface area (Å²) in [5.41, 5.74) is 0.852. The van der Waals surface area contributed by atoms with Crippen molar-refractivity contribution < 1.29 is 9.53 Å². The Labute approximate surface area is 154 Å². The fourth-order valence-corrected chi connectivity index (χ4v) is 3.14. The average molecular weight is 403 g/mol. The molecule has 1 aliphatic rings. The van der Waals surface area contributed by atoms with Crippen LogP contribution >= 0.6 is 15.9 Å². The topological polar surface area (TPSA) is 60.3 Å². The first-order valence-corrected chi connectivity index (χ1v) is 8.98. The molecule has 1 N–H and O–H groups in total. The Bertz CT molecular complexity index is 838. The highest BCUT2D eigenvalue weighted by Gasteiger charge is 2.18. The maximum atomic E-state index is 12.7. The number of ether oxygens (including phenoxy) is 1. The van der Waals surface area contributed by atoms with Gasteiger partial charge in [-0.3, -0.25) is 14.2 Å². The Kier molecular flexibility index (Phi) is 5.83. The lowest BCUT2D eigenvalue weighted by atomic mass is 10.1. The number of carbonyl (C=O) groups is 1. The largest absolute Gasteiger partial charge is 0.376 e. The zero-order valence-corrected chi connectivity index (χ0v) is 15.2. The zero-order valence-electron chi connectivity index (χ0n) is 13.7. The van der Waals surface area contributed by atoms with E-state index in [1.54, 1.807) is 24.4 Å². The van der Waals surface area contributed by atoms with Crippen LogP contribution in [-0.4, -0.2) is 29.7 Å². The lowest BCUT2D eigenvalue weighted by Gasteiger charge is -2.14. The number of hydrogen-bond acceptors (Lipinski definition) is 3. The highest BCUT2D eigenvalue weighted by Crippen LogP contribution is 2.16. The van der Waals surface area contributed by atoms with Gasteiger partial charge in [0.1, 0.15) is 5.70 Å². The highest BCUT2D eigenvalue weighted by molar-refractivity contribution is 9.10. The van der Waals surface area contributed by atoms with Crippen LogP contribution in [0.5, 0.6) is 0 Å². The van der Waals surface area contributed by atoms with Crippen molar-refractivity contribution in [2.75, 3.05) is 13.2 Å². The van der Waals surface area contributed by atoms with E-state index in [4.69, 9.17) is 4.74 Å². The summed E-state index contributed by atoms with van der Waals surface area (Å²) in [5, 5.41) is 2.88. The maximum absolute atomic E-state index is 12.7. The van der Waals surface area contributed by atoms with Crippen LogP contribution in [0.1, 0.15) is 18.4 Å². The van der Waals surface area contributed by atoms with E-state index in [0.717, 1.165) is 29.5 Å². The summed E-state index contributed by atoms with van der Waals surface area (Å²) in [4.78, 5) is 24.9. The highest BCUT2D eigenvalue weighted by atomic mass is 79.9. The van der Waals surface area contributed by atoms with Crippen LogP contribution in [0.15, 0.2) is 57.9 Å². The Morgan fingerprint density at radius 3 is 2.92 bits per heavy atom. The normalized spacial score (nSPS) is 17.5. The van der Waals surface area contributed by atoms with E-state index >= 15 is 0 Å². The molecule has 1 aromatic heterocycles. The van der Waals surface area contributed by atoms with E-state index in [0.29, 0.717) is 6.54 Å². The van der Waals surface area contributed by atoms with Gasteiger partial charge in [-0.2, -0.15) is 0 Å². The van der Waals surface area contributed by atoms with Crippen LogP contribution in [0.4, 0.5) is 0 Å². The van der Waals surface area contributed by atoms with Gasteiger partial charge in [-0.15, -0.1) is 0 Å². The smallest absolute Gasteiger partial charge is 0.268 e. The molecule has 0 spiro atoms. The quantitative estimate of drug-likeness (QED) is 0.782. The van der Waals surface area contributed by atoms with Gasteiger partial charge < -0.3 is 10.1 Å². The summed E-state index contributed by atoms with van der Waals surface area (Å²) in [6.45, 7) is 1.18. The Hall–Kier alpha value is -2.18. The molecule has 0 bridgehead atoms. The van der Waals surface area contributed by atoms with E-state index in [1.165, 1.54) is 10.6 Å². The van der Waals surface area contributed by atoms with Crippen LogP contribution in [0, 0.1) is 0 Å². The summed E-state index contributed by atoms with van der Waals surface area (Å²) >= 11 is 3.42. The number of aromatic nitrogens is 1. The number of nitrogens with zero attached hydrogens (tertiary/aromatic N) is 1. The monoisotopic (exact) mass is 402 g/mol. The Balaban J connectivity index is 1.90. The predicted octanol–water partition coefficient (Wildman–Crippen LogP) is 2.90. The van der Waals surface area contributed by atoms with Crippen LogP contribution in [0.2, 0.25) is 0 Å². The van der Waals surface area contributed by atoms with Crippen LogP contribution in [-0.2, 0) is 9.53 Å². The summed E-state index contributed by atoms with van der Waals surface area (Å²) in [7, 11) is 0. The number of hydrogen-bond donors (Lipinski definition) is 1. The van der Waals surface area contributed by atoms with E-state index in [-0.39, 0.29) is 23.3 Å². The van der Waals surface area contributed by atoms with Gasteiger partial charge in [0.05, 0.1) is 6.10 Å². The molecule has 2 heterocycles.